The molecule has 0 saturated heterocycles. The number of pyridine rings is 1. The molecule has 0 saturated carbocycles. The average Bonchev–Trinajstić information content (AvgIpc) is 2.85. The van der Waals surface area contributed by atoms with Crippen molar-refractivity contribution < 1.29 is 4.79 Å². The molecule has 0 radical (unpaired) electrons. The van der Waals surface area contributed by atoms with Crippen molar-refractivity contribution in [1.29, 1.82) is 0 Å². The van der Waals surface area contributed by atoms with Crippen LogP contribution in [0.25, 0.3) is 5.52 Å². The third-order valence-electron chi connectivity index (χ3n) is 3.05. The summed E-state index contributed by atoms with van der Waals surface area (Å²) in [7, 11) is 0. The molecule has 1 atom stereocenters. The van der Waals surface area contributed by atoms with Crippen LogP contribution in [0.15, 0.2) is 30.6 Å². The molecule has 102 valence electrons. The maximum absolute atomic E-state index is 11.7. The van der Waals surface area contributed by atoms with E-state index >= 15 is 0 Å². The summed E-state index contributed by atoms with van der Waals surface area (Å²) in [6, 6.07) is 5.74. The van der Waals surface area contributed by atoms with E-state index in [-0.39, 0.29) is 11.9 Å². The highest BCUT2D eigenvalue weighted by Crippen LogP contribution is 2.09. The summed E-state index contributed by atoms with van der Waals surface area (Å²) < 4.78 is 1.83. The van der Waals surface area contributed by atoms with Crippen LogP contribution in [-0.2, 0) is 11.3 Å². The van der Waals surface area contributed by atoms with Gasteiger partial charge in [-0.2, -0.15) is 5.10 Å². The first-order valence-electron chi connectivity index (χ1n) is 6.64. The van der Waals surface area contributed by atoms with Gasteiger partial charge in [0.1, 0.15) is 0 Å². The van der Waals surface area contributed by atoms with Crippen molar-refractivity contribution in [3.05, 3.63) is 36.2 Å². The highest BCUT2D eigenvalue weighted by molar-refractivity contribution is 5.81. The van der Waals surface area contributed by atoms with Gasteiger partial charge in [-0.3, -0.25) is 4.79 Å². The van der Waals surface area contributed by atoms with E-state index in [4.69, 9.17) is 0 Å². The second kappa shape index (κ2) is 6.33. The molecule has 0 aliphatic rings. The Labute approximate surface area is 113 Å². The maximum atomic E-state index is 11.7. The number of hydrogen-bond donors (Lipinski definition) is 2. The van der Waals surface area contributed by atoms with E-state index < -0.39 is 0 Å². The number of rotatable bonds is 6. The highest BCUT2D eigenvalue weighted by atomic mass is 16.2. The van der Waals surface area contributed by atoms with Gasteiger partial charge in [-0.15, -0.1) is 0 Å². The molecule has 5 heteroatoms. The predicted molar refractivity (Wildman–Crippen MR) is 74.8 cm³/mol. The lowest BCUT2D eigenvalue weighted by atomic mass is 10.2. The van der Waals surface area contributed by atoms with E-state index in [1.54, 1.807) is 0 Å². The Balaban J connectivity index is 1.93. The maximum Gasteiger partial charge on any atom is 0.236 e. The van der Waals surface area contributed by atoms with Crippen molar-refractivity contribution in [1.82, 2.24) is 20.2 Å². The van der Waals surface area contributed by atoms with E-state index in [1.165, 1.54) is 0 Å². The minimum absolute atomic E-state index is 0.0401. The van der Waals surface area contributed by atoms with Crippen LogP contribution >= 0.6 is 0 Å². The van der Waals surface area contributed by atoms with E-state index in [0.29, 0.717) is 6.54 Å². The fourth-order valence-corrected chi connectivity index (χ4v) is 1.88. The van der Waals surface area contributed by atoms with Gasteiger partial charge in [0, 0.05) is 24.8 Å². The second-order valence-electron chi connectivity index (χ2n) is 4.59. The fourth-order valence-electron chi connectivity index (χ4n) is 1.88. The Morgan fingerprint density at radius 3 is 3.11 bits per heavy atom. The molecule has 2 aromatic rings. The van der Waals surface area contributed by atoms with Gasteiger partial charge in [0.15, 0.2) is 0 Å². The highest BCUT2D eigenvalue weighted by Gasteiger charge is 2.12. The van der Waals surface area contributed by atoms with E-state index in [2.05, 4.69) is 15.7 Å². The van der Waals surface area contributed by atoms with Crippen LogP contribution in [0.4, 0.5) is 0 Å². The predicted octanol–water partition coefficient (Wildman–Crippen LogP) is 1.34. The molecular weight excluding hydrogens is 240 g/mol. The zero-order valence-corrected chi connectivity index (χ0v) is 11.4. The van der Waals surface area contributed by atoms with E-state index in [0.717, 1.165) is 24.0 Å². The summed E-state index contributed by atoms with van der Waals surface area (Å²) >= 11 is 0. The first-order chi connectivity index (χ1) is 9.22. The lowest BCUT2D eigenvalue weighted by molar-refractivity contribution is -0.122. The second-order valence-corrected chi connectivity index (χ2v) is 4.59. The third-order valence-corrected chi connectivity index (χ3v) is 3.05. The van der Waals surface area contributed by atoms with Gasteiger partial charge in [0.05, 0.1) is 17.8 Å². The minimum Gasteiger partial charge on any atom is -0.355 e. The first kappa shape index (κ1) is 13.5. The lowest BCUT2D eigenvalue weighted by Crippen LogP contribution is -2.42. The molecule has 1 unspecified atom stereocenters. The van der Waals surface area contributed by atoms with Crippen molar-refractivity contribution in [2.45, 2.75) is 32.9 Å². The van der Waals surface area contributed by atoms with Crippen LogP contribution in [0.1, 0.15) is 25.8 Å². The van der Waals surface area contributed by atoms with Crippen molar-refractivity contribution in [2.75, 3.05) is 6.54 Å². The Morgan fingerprint density at radius 1 is 1.47 bits per heavy atom. The van der Waals surface area contributed by atoms with Gasteiger partial charge in [-0.1, -0.05) is 13.0 Å². The fraction of sp³-hybridized carbons (Fsp3) is 0.429. The van der Waals surface area contributed by atoms with Crippen LogP contribution in [-0.4, -0.2) is 28.1 Å². The van der Waals surface area contributed by atoms with Crippen LogP contribution < -0.4 is 10.6 Å². The number of nitrogens with zero attached hydrogens (tertiary/aromatic N) is 2. The number of hydrogen-bond acceptors (Lipinski definition) is 3. The van der Waals surface area contributed by atoms with Crippen LogP contribution in [0.2, 0.25) is 0 Å². The first-order valence-corrected chi connectivity index (χ1v) is 6.64. The topological polar surface area (TPSA) is 58.4 Å². The van der Waals surface area contributed by atoms with Gasteiger partial charge in [-0.25, -0.2) is 4.52 Å². The van der Waals surface area contributed by atoms with Gasteiger partial charge >= 0.3 is 0 Å². The monoisotopic (exact) mass is 260 g/mol. The third kappa shape index (κ3) is 3.32. The number of amides is 1. The number of aromatic nitrogens is 2. The molecule has 2 heterocycles. The zero-order chi connectivity index (χ0) is 13.7. The number of carbonyl (C=O) groups is 1. The van der Waals surface area contributed by atoms with Crippen molar-refractivity contribution in [3.63, 3.8) is 0 Å². The van der Waals surface area contributed by atoms with E-state index in [9.17, 15) is 4.79 Å². The molecule has 0 aliphatic heterocycles. The molecule has 0 bridgehead atoms. The van der Waals surface area contributed by atoms with Crippen LogP contribution in [0, 0.1) is 0 Å². The zero-order valence-electron chi connectivity index (χ0n) is 11.4. The van der Waals surface area contributed by atoms with Crippen LogP contribution in [0.5, 0.6) is 0 Å². The molecule has 0 spiro atoms. The molecule has 19 heavy (non-hydrogen) atoms. The van der Waals surface area contributed by atoms with Gasteiger partial charge in [0.2, 0.25) is 5.91 Å². The quantitative estimate of drug-likeness (QED) is 0.824. The smallest absolute Gasteiger partial charge is 0.236 e. The standard InChI is InChI=1S/C14H20N4O/c1-3-7-15-14(19)11(2)16-9-12-10-17-18-8-5-4-6-13(12)18/h4-6,8,10-11,16H,3,7,9H2,1-2H3,(H,15,19). The molecule has 2 rings (SSSR count). The molecular formula is C14H20N4O. The molecule has 5 nitrogen and oxygen atoms in total. The number of nitrogens with one attached hydrogen (secondary N) is 2. The minimum atomic E-state index is -0.204. The Hall–Kier alpha value is -1.88. The summed E-state index contributed by atoms with van der Waals surface area (Å²) in [5.41, 5.74) is 2.16. The summed E-state index contributed by atoms with van der Waals surface area (Å²) in [5.74, 6) is 0.0401. The SMILES string of the molecule is CCCNC(=O)C(C)NCc1cnn2ccccc12. The largest absolute Gasteiger partial charge is 0.355 e. The van der Waals surface area contributed by atoms with Gasteiger partial charge in [-0.05, 0) is 25.5 Å². The Kier molecular flexibility index (Phi) is 4.52. The van der Waals surface area contributed by atoms with Crippen molar-refractivity contribution >= 4 is 11.4 Å². The van der Waals surface area contributed by atoms with E-state index in [1.807, 2.05) is 49.0 Å². The molecule has 0 aromatic carbocycles. The summed E-state index contributed by atoms with van der Waals surface area (Å²) in [6.07, 6.45) is 4.70. The molecule has 0 aliphatic carbocycles. The van der Waals surface area contributed by atoms with Gasteiger partial charge in [0.25, 0.3) is 0 Å². The van der Waals surface area contributed by atoms with Gasteiger partial charge < -0.3 is 10.6 Å². The average molecular weight is 260 g/mol. The number of carbonyl (C=O) groups excluding carboxylic acids is 1. The lowest BCUT2D eigenvalue weighted by Gasteiger charge is -2.13. The molecule has 1 amide bonds. The summed E-state index contributed by atoms with van der Waals surface area (Å²) in [4.78, 5) is 11.7. The summed E-state index contributed by atoms with van der Waals surface area (Å²) in [5, 5.41) is 10.4. The van der Waals surface area contributed by atoms with Crippen LogP contribution in [0.3, 0.4) is 0 Å². The van der Waals surface area contributed by atoms with Crippen molar-refractivity contribution in [3.8, 4) is 0 Å². The summed E-state index contributed by atoms with van der Waals surface area (Å²) in [6.45, 7) is 5.27. The number of fused-ring (bicyclic) bond motifs is 1. The Morgan fingerprint density at radius 2 is 2.32 bits per heavy atom. The Bertz CT molecular complexity index is 549. The molecule has 2 N–H and O–H groups in total. The normalized spacial score (nSPS) is 12.5. The molecule has 0 fully saturated rings. The molecule has 2 aromatic heterocycles. The van der Waals surface area contributed by atoms with Crippen molar-refractivity contribution in [2.24, 2.45) is 0 Å².